The lowest BCUT2D eigenvalue weighted by Gasteiger charge is -2.41. The fourth-order valence-electron chi connectivity index (χ4n) is 4.11. The third-order valence-electron chi connectivity index (χ3n) is 5.87. The fraction of sp³-hybridized carbons (Fsp3) is 0.941. The fourth-order valence-corrected chi connectivity index (χ4v) is 4.11. The van der Waals surface area contributed by atoms with Crippen molar-refractivity contribution in [2.45, 2.75) is 77.0 Å². The smallest absolute Gasteiger partial charge is 0.223 e. The van der Waals surface area contributed by atoms with Gasteiger partial charge in [-0.05, 0) is 37.5 Å². The van der Waals surface area contributed by atoms with Crippen LogP contribution in [0.25, 0.3) is 0 Å². The van der Waals surface area contributed by atoms with Gasteiger partial charge >= 0.3 is 0 Å². The number of hydrogen-bond acceptors (Lipinski definition) is 3. The van der Waals surface area contributed by atoms with Crippen LogP contribution in [0.2, 0.25) is 0 Å². The molecule has 3 fully saturated rings. The average molecular weight is 294 g/mol. The number of piperidine rings is 1. The third-order valence-corrected chi connectivity index (χ3v) is 5.87. The molecule has 120 valence electrons. The molecule has 1 heterocycles. The molecule has 3 aliphatic rings. The summed E-state index contributed by atoms with van der Waals surface area (Å²) in [5, 5.41) is 13.4. The van der Waals surface area contributed by atoms with E-state index in [1.807, 2.05) is 0 Å². The molecule has 0 aromatic heterocycles. The van der Waals surface area contributed by atoms with E-state index in [4.69, 9.17) is 0 Å². The summed E-state index contributed by atoms with van der Waals surface area (Å²) in [6, 6.07) is 0.698. The van der Waals surface area contributed by atoms with E-state index in [9.17, 15) is 9.90 Å². The van der Waals surface area contributed by atoms with Crippen LogP contribution in [0.4, 0.5) is 0 Å². The van der Waals surface area contributed by atoms with Crippen molar-refractivity contribution in [2.24, 2.45) is 11.3 Å². The molecule has 0 spiro atoms. The third kappa shape index (κ3) is 3.42. The Balaban J connectivity index is 1.44. The van der Waals surface area contributed by atoms with Crippen molar-refractivity contribution in [3.05, 3.63) is 0 Å². The number of amides is 1. The summed E-state index contributed by atoms with van der Waals surface area (Å²) in [6.45, 7) is 6.37. The Morgan fingerprint density at radius 2 is 1.76 bits per heavy atom. The van der Waals surface area contributed by atoms with E-state index in [2.05, 4.69) is 24.1 Å². The molecule has 1 aliphatic heterocycles. The first-order valence-electron chi connectivity index (χ1n) is 8.70. The second kappa shape index (κ2) is 5.88. The summed E-state index contributed by atoms with van der Waals surface area (Å²) in [4.78, 5) is 14.6. The SMILES string of the molecule is CC1(C)CC1C(=O)NC1CCN(C2CCCCC2O)CC1. The standard InChI is InChI=1S/C17H30N2O2/c1-17(2)11-13(17)16(21)18-12-7-9-19(10-8-12)14-5-3-4-6-15(14)20/h12-15,20H,3-11H2,1-2H3,(H,18,21). The molecular formula is C17H30N2O2. The van der Waals surface area contributed by atoms with Gasteiger partial charge in [-0.15, -0.1) is 0 Å². The average Bonchev–Trinajstić information content (AvgIpc) is 3.10. The quantitative estimate of drug-likeness (QED) is 0.836. The lowest BCUT2D eigenvalue weighted by molar-refractivity contribution is -0.124. The van der Waals surface area contributed by atoms with Gasteiger partial charge in [0.1, 0.15) is 0 Å². The zero-order valence-electron chi connectivity index (χ0n) is 13.5. The molecule has 21 heavy (non-hydrogen) atoms. The zero-order chi connectivity index (χ0) is 15.0. The van der Waals surface area contributed by atoms with Crippen molar-refractivity contribution in [3.63, 3.8) is 0 Å². The van der Waals surface area contributed by atoms with Crippen LogP contribution >= 0.6 is 0 Å². The Hall–Kier alpha value is -0.610. The van der Waals surface area contributed by atoms with Crippen LogP contribution in [0.3, 0.4) is 0 Å². The molecule has 0 aromatic rings. The first-order valence-corrected chi connectivity index (χ1v) is 8.70. The number of carbonyl (C=O) groups is 1. The molecule has 1 saturated heterocycles. The summed E-state index contributed by atoms with van der Waals surface area (Å²) in [5.41, 5.74) is 0.219. The molecule has 4 nitrogen and oxygen atoms in total. The van der Waals surface area contributed by atoms with Crippen LogP contribution in [0.1, 0.15) is 58.8 Å². The molecule has 3 unspecified atom stereocenters. The van der Waals surface area contributed by atoms with Gasteiger partial charge in [-0.3, -0.25) is 9.69 Å². The van der Waals surface area contributed by atoms with Gasteiger partial charge in [0.05, 0.1) is 6.10 Å². The van der Waals surface area contributed by atoms with E-state index < -0.39 is 0 Å². The number of aliphatic hydroxyl groups excluding tert-OH is 1. The van der Waals surface area contributed by atoms with Gasteiger partial charge in [0.15, 0.2) is 0 Å². The Morgan fingerprint density at radius 3 is 2.33 bits per heavy atom. The molecular weight excluding hydrogens is 264 g/mol. The Morgan fingerprint density at radius 1 is 1.14 bits per heavy atom. The molecule has 0 bridgehead atoms. The Kier molecular flexibility index (Phi) is 4.28. The van der Waals surface area contributed by atoms with Crippen molar-refractivity contribution in [2.75, 3.05) is 13.1 Å². The van der Waals surface area contributed by atoms with Crippen molar-refractivity contribution < 1.29 is 9.90 Å². The maximum absolute atomic E-state index is 12.2. The number of carbonyl (C=O) groups excluding carboxylic acids is 1. The van der Waals surface area contributed by atoms with Crippen molar-refractivity contribution in [3.8, 4) is 0 Å². The first kappa shape index (κ1) is 15.3. The molecule has 2 saturated carbocycles. The van der Waals surface area contributed by atoms with Crippen LogP contribution in [-0.4, -0.2) is 47.2 Å². The van der Waals surface area contributed by atoms with Crippen LogP contribution < -0.4 is 5.32 Å². The highest BCUT2D eigenvalue weighted by atomic mass is 16.3. The van der Waals surface area contributed by atoms with Gasteiger partial charge < -0.3 is 10.4 Å². The monoisotopic (exact) mass is 294 g/mol. The van der Waals surface area contributed by atoms with E-state index in [0.717, 1.165) is 45.2 Å². The molecule has 3 rings (SSSR count). The molecule has 0 radical (unpaired) electrons. The van der Waals surface area contributed by atoms with E-state index in [1.165, 1.54) is 12.8 Å². The maximum atomic E-state index is 12.2. The van der Waals surface area contributed by atoms with Gasteiger partial charge in [-0.25, -0.2) is 0 Å². The summed E-state index contributed by atoms with van der Waals surface area (Å²) < 4.78 is 0. The number of rotatable bonds is 3. The highest BCUT2D eigenvalue weighted by Gasteiger charge is 2.50. The maximum Gasteiger partial charge on any atom is 0.223 e. The highest BCUT2D eigenvalue weighted by molar-refractivity contribution is 5.82. The normalized spacial score (nSPS) is 37.2. The lowest BCUT2D eigenvalue weighted by atomic mass is 9.89. The first-order chi connectivity index (χ1) is 9.97. The predicted octanol–water partition coefficient (Wildman–Crippen LogP) is 1.92. The molecule has 4 heteroatoms. The number of likely N-dealkylation sites (tertiary alicyclic amines) is 1. The lowest BCUT2D eigenvalue weighted by Crippen LogP contribution is -2.52. The van der Waals surface area contributed by atoms with E-state index in [1.54, 1.807) is 0 Å². The summed E-state index contributed by atoms with van der Waals surface area (Å²) in [7, 11) is 0. The number of aliphatic hydroxyl groups is 1. The molecule has 0 aromatic carbocycles. The van der Waals surface area contributed by atoms with Gasteiger partial charge in [0.2, 0.25) is 5.91 Å². The van der Waals surface area contributed by atoms with E-state index >= 15 is 0 Å². The highest BCUT2D eigenvalue weighted by Crippen LogP contribution is 2.51. The minimum absolute atomic E-state index is 0.142. The van der Waals surface area contributed by atoms with Crippen LogP contribution in [-0.2, 0) is 4.79 Å². The molecule has 2 N–H and O–H groups in total. The van der Waals surface area contributed by atoms with Crippen molar-refractivity contribution >= 4 is 5.91 Å². The molecule has 1 amide bonds. The van der Waals surface area contributed by atoms with Gasteiger partial charge in [0, 0.05) is 31.1 Å². The second-order valence-corrected chi connectivity index (χ2v) is 7.98. The van der Waals surface area contributed by atoms with Gasteiger partial charge in [-0.2, -0.15) is 0 Å². The second-order valence-electron chi connectivity index (χ2n) is 7.98. The molecule has 2 aliphatic carbocycles. The largest absolute Gasteiger partial charge is 0.391 e. The van der Waals surface area contributed by atoms with Crippen LogP contribution in [0.5, 0.6) is 0 Å². The summed E-state index contributed by atoms with van der Waals surface area (Å²) in [6.07, 6.45) is 7.45. The number of hydrogen-bond donors (Lipinski definition) is 2. The van der Waals surface area contributed by atoms with Crippen LogP contribution in [0, 0.1) is 11.3 Å². The van der Waals surface area contributed by atoms with Crippen LogP contribution in [0.15, 0.2) is 0 Å². The van der Waals surface area contributed by atoms with Gasteiger partial charge in [-0.1, -0.05) is 26.7 Å². The minimum Gasteiger partial charge on any atom is -0.391 e. The molecule has 3 atom stereocenters. The topological polar surface area (TPSA) is 52.6 Å². The van der Waals surface area contributed by atoms with Crippen molar-refractivity contribution in [1.29, 1.82) is 0 Å². The van der Waals surface area contributed by atoms with E-state index in [0.29, 0.717) is 12.1 Å². The summed E-state index contributed by atoms with van der Waals surface area (Å²) >= 11 is 0. The van der Waals surface area contributed by atoms with Crippen molar-refractivity contribution in [1.82, 2.24) is 10.2 Å². The predicted molar refractivity (Wildman–Crippen MR) is 82.9 cm³/mol. The Labute approximate surface area is 128 Å². The Bertz CT molecular complexity index is 388. The number of nitrogens with one attached hydrogen (secondary N) is 1. The number of nitrogens with zero attached hydrogens (tertiary/aromatic N) is 1. The van der Waals surface area contributed by atoms with Gasteiger partial charge in [0.25, 0.3) is 0 Å². The summed E-state index contributed by atoms with van der Waals surface area (Å²) in [5.74, 6) is 0.492. The zero-order valence-corrected chi connectivity index (χ0v) is 13.5. The minimum atomic E-state index is -0.142. The van der Waals surface area contributed by atoms with E-state index in [-0.39, 0.29) is 23.3 Å².